The molecule has 1 aliphatic heterocycles. The van der Waals surface area contributed by atoms with Crippen LogP contribution in [0.15, 0.2) is 40.5 Å². The van der Waals surface area contributed by atoms with Crippen LogP contribution in [-0.2, 0) is 4.84 Å². The molecule has 1 unspecified atom stereocenters. The molecule has 0 saturated heterocycles. The van der Waals surface area contributed by atoms with Crippen LogP contribution in [0, 0.1) is 5.82 Å². The Balaban J connectivity index is 2.07. The van der Waals surface area contributed by atoms with Crippen LogP contribution in [-0.4, -0.2) is 12.2 Å². The van der Waals surface area contributed by atoms with E-state index in [1.165, 1.54) is 18.2 Å². The molecule has 0 spiro atoms. The van der Waals surface area contributed by atoms with Gasteiger partial charge in [-0.15, -0.1) is 0 Å². The molecule has 0 fully saturated rings. The zero-order valence-corrected chi connectivity index (χ0v) is 9.41. The van der Waals surface area contributed by atoms with Gasteiger partial charge in [0, 0.05) is 11.8 Å². The van der Waals surface area contributed by atoms with Crippen LogP contribution in [0.4, 0.5) is 10.1 Å². The molecule has 0 aliphatic carbocycles. The van der Waals surface area contributed by atoms with Crippen molar-refractivity contribution in [2.45, 2.75) is 6.29 Å². The Bertz CT molecular complexity index is 460. The summed E-state index contributed by atoms with van der Waals surface area (Å²) in [6.45, 7) is 0. The van der Waals surface area contributed by atoms with Crippen LogP contribution in [0.25, 0.3) is 0 Å². The molecule has 0 radical (unpaired) electrons. The Kier molecular flexibility index (Phi) is 3.46. The lowest BCUT2D eigenvalue weighted by Gasteiger charge is -2.21. The van der Waals surface area contributed by atoms with Crippen LogP contribution in [0.1, 0.15) is 0 Å². The molecule has 1 aromatic carbocycles. The summed E-state index contributed by atoms with van der Waals surface area (Å²) in [6, 6.07) is 5.85. The predicted molar refractivity (Wildman–Crippen MR) is 63.6 cm³/mol. The van der Waals surface area contributed by atoms with Gasteiger partial charge in [0.2, 0.25) is 5.90 Å². The number of rotatable bonds is 2. The molecule has 90 valence electrons. The Morgan fingerprint density at radius 3 is 2.76 bits per heavy atom. The van der Waals surface area contributed by atoms with Crippen molar-refractivity contribution in [2.75, 3.05) is 5.32 Å². The summed E-state index contributed by atoms with van der Waals surface area (Å²) in [5.74, 6) is 4.90. The summed E-state index contributed by atoms with van der Waals surface area (Å²) in [4.78, 5) is 8.56. The third-order valence-corrected chi connectivity index (χ3v) is 2.27. The van der Waals surface area contributed by atoms with Crippen molar-refractivity contribution in [2.24, 2.45) is 10.9 Å². The molecule has 1 aliphatic rings. The van der Waals surface area contributed by atoms with Gasteiger partial charge in [0.05, 0.1) is 0 Å². The van der Waals surface area contributed by atoms with Crippen LogP contribution in [0.2, 0.25) is 0 Å². The number of nitrogens with two attached hydrogens (primary N) is 1. The van der Waals surface area contributed by atoms with Crippen molar-refractivity contribution in [3.8, 4) is 0 Å². The summed E-state index contributed by atoms with van der Waals surface area (Å²) in [7, 11) is 0. The Labute approximate surface area is 102 Å². The van der Waals surface area contributed by atoms with Crippen LogP contribution in [0.3, 0.4) is 0 Å². The molecular formula is C10H10ClFN4O. The number of anilines is 1. The highest BCUT2D eigenvalue weighted by molar-refractivity contribution is 6.30. The number of nitrogens with zero attached hydrogens (tertiary/aromatic N) is 1. The fourth-order valence-corrected chi connectivity index (χ4v) is 1.51. The van der Waals surface area contributed by atoms with Gasteiger partial charge >= 0.3 is 0 Å². The lowest BCUT2D eigenvalue weighted by molar-refractivity contribution is 0.318. The average molecular weight is 257 g/mol. The van der Waals surface area contributed by atoms with Crippen LogP contribution >= 0.6 is 11.6 Å². The van der Waals surface area contributed by atoms with Gasteiger partial charge in [-0.3, -0.25) is 0 Å². The smallest absolute Gasteiger partial charge is 0.239 e. The monoisotopic (exact) mass is 256 g/mol. The maximum absolute atomic E-state index is 12.7. The third kappa shape index (κ3) is 3.08. The fraction of sp³-hybridized carbons (Fsp3) is 0.100. The second kappa shape index (κ2) is 5.03. The van der Waals surface area contributed by atoms with Gasteiger partial charge in [-0.05, 0) is 24.3 Å². The van der Waals surface area contributed by atoms with Gasteiger partial charge in [-0.1, -0.05) is 11.6 Å². The first-order valence-corrected chi connectivity index (χ1v) is 5.15. The Hall–Kier alpha value is -1.79. The van der Waals surface area contributed by atoms with Gasteiger partial charge in [0.25, 0.3) is 0 Å². The van der Waals surface area contributed by atoms with Gasteiger partial charge in [-0.25, -0.2) is 9.38 Å². The number of nitrogens with one attached hydrogen (secondary N) is 2. The molecule has 2 rings (SSSR count). The molecule has 1 aromatic rings. The molecule has 0 amide bonds. The number of halogens is 2. The SMILES string of the molecule is NOC1=NC(Nc2ccc(F)cc2)NC(Cl)=C1. The largest absolute Gasteiger partial charge is 0.391 e. The van der Waals surface area contributed by atoms with Crippen LogP contribution < -0.4 is 16.5 Å². The maximum atomic E-state index is 12.7. The van der Waals surface area contributed by atoms with E-state index >= 15 is 0 Å². The zero-order chi connectivity index (χ0) is 12.3. The van der Waals surface area contributed by atoms with E-state index in [1.54, 1.807) is 12.1 Å². The molecule has 7 heteroatoms. The molecule has 4 N–H and O–H groups in total. The highest BCUT2D eigenvalue weighted by atomic mass is 35.5. The maximum Gasteiger partial charge on any atom is 0.239 e. The normalized spacial score (nSPS) is 18.9. The standard InChI is InChI=1S/C10H10ClFN4O/c11-8-5-9(17-13)16-10(15-8)14-7-3-1-6(12)2-4-7/h1-5,10,14-15H,13H2. The van der Waals surface area contributed by atoms with E-state index < -0.39 is 6.29 Å². The van der Waals surface area contributed by atoms with Crippen molar-refractivity contribution < 1.29 is 9.23 Å². The summed E-state index contributed by atoms with van der Waals surface area (Å²) < 4.78 is 12.7. The second-order valence-corrected chi connectivity index (χ2v) is 3.68. The summed E-state index contributed by atoms with van der Waals surface area (Å²) in [5.41, 5.74) is 0.690. The van der Waals surface area contributed by atoms with E-state index in [1.807, 2.05) is 0 Å². The minimum Gasteiger partial charge on any atom is -0.391 e. The van der Waals surface area contributed by atoms with Crippen molar-refractivity contribution in [1.82, 2.24) is 5.32 Å². The highest BCUT2D eigenvalue weighted by Crippen LogP contribution is 2.13. The molecule has 1 heterocycles. The Morgan fingerprint density at radius 2 is 2.12 bits per heavy atom. The topological polar surface area (TPSA) is 71.7 Å². The van der Waals surface area contributed by atoms with Crippen molar-refractivity contribution in [3.05, 3.63) is 41.3 Å². The van der Waals surface area contributed by atoms with Gasteiger partial charge in [-0.2, -0.15) is 5.90 Å². The summed E-state index contributed by atoms with van der Waals surface area (Å²) >= 11 is 5.81. The minimum absolute atomic E-state index is 0.202. The van der Waals surface area contributed by atoms with Crippen molar-refractivity contribution >= 4 is 23.2 Å². The fourth-order valence-electron chi connectivity index (χ4n) is 1.31. The van der Waals surface area contributed by atoms with Crippen molar-refractivity contribution in [1.29, 1.82) is 0 Å². The lowest BCUT2D eigenvalue weighted by atomic mass is 10.3. The van der Waals surface area contributed by atoms with Gasteiger partial charge in [0.15, 0.2) is 6.29 Å². The predicted octanol–water partition coefficient (Wildman–Crippen LogP) is 1.49. The van der Waals surface area contributed by atoms with Gasteiger partial charge in [0.1, 0.15) is 11.0 Å². The Morgan fingerprint density at radius 1 is 1.41 bits per heavy atom. The first-order chi connectivity index (χ1) is 8.17. The molecular weight excluding hydrogens is 247 g/mol. The van der Waals surface area contributed by atoms with E-state index in [-0.39, 0.29) is 11.7 Å². The van der Waals surface area contributed by atoms with Gasteiger partial charge < -0.3 is 15.5 Å². The van der Waals surface area contributed by atoms with E-state index in [0.29, 0.717) is 10.8 Å². The minimum atomic E-state index is -0.517. The molecule has 0 bridgehead atoms. The molecule has 5 nitrogen and oxygen atoms in total. The summed E-state index contributed by atoms with van der Waals surface area (Å²) in [5, 5.41) is 6.17. The first-order valence-electron chi connectivity index (χ1n) is 4.78. The van der Waals surface area contributed by atoms with E-state index in [2.05, 4.69) is 20.5 Å². The number of hydrogen-bond acceptors (Lipinski definition) is 5. The van der Waals surface area contributed by atoms with E-state index in [0.717, 1.165) is 0 Å². The molecule has 1 atom stereocenters. The van der Waals surface area contributed by atoms with E-state index in [4.69, 9.17) is 17.5 Å². The quantitative estimate of drug-likeness (QED) is 0.554. The molecule has 0 saturated carbocycles. The lowest BCUT2D eigenvalue weighted by Crippen LogP contribution is -2.37. The number of aliphatic imine (C=N–C) groups is 1. The number of benzene rings is 1. The highest BCUT2D eigenvalue weighted by Gasteiger charge is 2.14. The molecule has 0 aromatic heterocycles. The van der Waals surface area contributed by atoms with Crippen LogP contribution in [0.5, 0.6) is 0 Å². The third-order valence-electron chi connectivity index (χ3n) is 2.05. The molecule has 17 heavy (non-hydrogen) atoms. The second-order valence-electron chi connectivity index (χ2n) is 3.28. The van der Waals surface area contributed by atoms with E-state index in [9.17, 15) is 4.39 Å². The van der Waals surface area contributed by atoms with Crippen molar-refractivity contribution in [3.63, 3.8) is 0 Å². The zero-order valence-electron chi connectivity index (χ0n) is 8.65. The number of hydrogen-bond donors (Lipinski definition) is 3. The summed E-state index contributed by atoms with van der Waals surface area (Å²) in [6.07, 6.45) is 0.932. The first kappa shape index (κ1) is 11.7. The average Bonchev–Trinajstić information content (AvgIpc) is 2.31.